The van der Waals surface area contributed by atoms with E-state index in [0.717, 1.165) is 16.8 Å². The number of alkyl halides is 3. The largest absolute Gasteiger partial charge is 0.416 e. The number of fused-ring (bicyclic) bond motifs is 1. The van der Waals surface area contributed by atoms with E-state index in [1.807, 2.05) is 11.0 Å². The molecule has 0 aliphatic carbocycles. The van der Waals surface area contributed by atoms with Crippen molar-refractivity contribution in [2.24, 2.45) is 0 Å². The van der Waals surface area contributed by atoms with E-state index in [1.165, 1.54) is 6.07 Å². The molecule has 1 saturated heterocycles. The maximum atomic E-state index is 12.9. The predicted molar refractivity (Wildman–Crippen MR) is 106 cm³/mol. The molecule has 2 aromatic carbocycles. The molecule has 9 heteroatoms. The molecule has 156 valence electrons. The maximum absolute atomic E-state index is 12.9. The van der Waals surface area contributed by atoms with Gasteiger partial charge in [-0.2, -0.15) is 18.3 Å². The number of benzene rings is 2. The van der Waals surface area contributed by atoms with Crippen molar-refractivity contribution in [1.82, 2.24) is 14.7 Å². The highest BCUT2D eigenvalue weighted by Gasteiger charge is 2.31. The lowest BCUT2D eigenvalue weighted by molar-refractivity contribution is -0.137. The normalized spacial score (nSPS) is 14.9. The molecule has 30 heavy (non-hydrogen) atoms. The molecule has 6 nitrogen and oxygen atoms in total. The van der Waals surface area contributed by atoms with Crippen molar-refractivity contribution < 1.29 is 18.0 Å². The van der Waals surface area contributed by atoms with Crippen molar-refractivity contribution in [1.29, 1.82) is 0 Å². The van der Waals surface area contributed by atoms with Crippen LogP contribution in [0.15, 0.2) is 59.5 Å². The summed E-state index contributed by atoms with van der Waals surface area (Å²) >= 11 is 0. The minimum absolute atomic E-state index is 0.173. The van der Waals surface area contributed by atoms with Gasteiger partial charge in [0.2, 0.25) is 5.91 Å². The summed E-state index contributed by atoms with van der Waals surface area (Å²) in [5.74, 6) is -0.247. The van der Waals surface area contributed by atoms with Crippen LogP contribution in [0.25, 0.3) is 10.8 Å². The zero-order chi connectivity index (χ0) is 21.3. The van der Waals surface area contributed by atoms with Gasteiger partial charge in [0, 0.05) is 37.3 Å². The Morgan fingerprint density at radius 1 is 1.00 bits per heavy atom. The van der Waals surface area contributed by atoms with Crippen LogP contribution in [0, 0.1) is 0 Å². The second-order valence-corrected chi connectivity index (χ2v) is 7.11. The zero-order valence-corrected chi connectivity index (χ0v) is 16.0. The number of anilines is 1. The summed E-state index contributed by atoms with van der Waals surface area (Å²) in [6.45, 7) is 1.36. The van der Waals surface area contributed by atoms with Crippen LogP contribution in [-0.2, 0) is 17.5 Å². The van der Waals surface area contributed by atoms with Crippen molar-refractivity contribution in [3.05, 3.63) is 70.6 Å². The summed E-state index contributed by atoms with van der Waals surface area (Å²) in [5.41, 5.74) is -0.548. The third-order valence-electron chi connectivity index (χ3n) is 5.22. The Morgan fingerprint density at radius 3 is 2.47 bits per heavy atom. The molecule has 1 aliphatic rings. The number of nitrogens with zero attached hydrogens (tertiary/aromatic N) is 4. The van der Waals surface area contributed by atoms with Crippen LogP contribution in [0.2, 0.25) is 0 Å². The van der Waals surface area contributed by atoms with E-state index in [2.05, 4.69) is 5.10 Å². The van der Waals surface area contributed by atoms with Crippen molar-refractivity contribution >= 4 is 22.4 Å². The van der Waals surface area contributed by atoms with Crippen LogP contribution in [0.3, 0.4) is 0 Å². The third-order valence-corrected chi connectivity index (χ3v) is 5.22. The average Bonchev–Trinajstić information content (AvgIpc) is 2.75. The van der Waals surface area contributed by atoms with E-state index in [0.29, 0.717) is 42.6 Å². The number of carbonyl (C=O) groups is 1. The molecule has 1 fully saturated rings. The molecule has 0 unspecified atom stereocenters. The molecule has 0 bridgehead atoms. The van der Waals surface area contributed by atoms with Crippen LogP contribution >= 0.6 is 0 Å². The number of piperazine rings is 1. The number of hydrogen-bond acceptors (Lipinski definition) is 4. The molecule has 4 rings (SSSR count). The van der Waals surface area contributed by atoms with Crippen molar-refractivity contribution in [3.63, 3.8) is 0 Å². The van der Waals surface area contributed by atoms with Crippen LogP contribution in [0.1, 0.15) is 5.56 Å². The Morgan fingerprint density at radius 2 is 1.73 bits per heavy atom. The highest BCUT2D eigenvalue weighted by atomic mass is 19.4. The number of aromatic nitrogens is 2. The number of halogens is 3. The molecular weight excluding hydrogens is 397 g/mol. The fourth-order valence-electron chi connectivity index (χ4n) is 3.56. The molecule has 0 radical (unpaired) electrons. The van der Waals surface area contributed by atoms with Gasteiger partial charge in [-0.1, -0.05) is 24.3 Å². The third kappa shape index (κ3) is 4.00. The molecule has 2 heterocycles. The monoisotopic (exact) mass is 416 g/mol. The Balaban J connectivity index is 1.42. The van der Waals surface area contributed by atoms with Crippen LogP contribution in [-0.4, -0.2) is 46.8 Å². The number of carbonyl (C=O) groups excluding carboxylic acids is 1. The average molecular weight is 416 g/mol. The first kappa shape index (κ1) is 19.9. The van der Waals surface area contributed by atoms with E-state index in [9.17, 15) is 22.8 Å². The summed E-state index contributed by atoms with van der Waals surface area (Å²) in [4.78, 5) is 28.6. The first-order valence-corrected chi connectivity index (χ1v) is 9.48. The lowest BCUT2D eigenvalue weighted by Gasteiger charge is -2.36. The van der Waals surface area contributed by atoms with Gasteiger partial charge in [0.25, 0.3) is 5.56 Å². The number of hydrogen-bond donors (Lipinski definition) is 0. The SMILES string of the molecule is O=C(Cn1ncc2ccccc2c1=O)N1CCN(c2cccc(C(F)(F)F)c2)CC1. The van der Waals surface area contributed by atoms with E-state index in [1.54, 1.807) is 35.4 Å². The Hall–Kier alpha value is -3.36. The van der Waals surface area contributed by atoms with Crippen LogP contribution < -0.4 is 10.5 Å². The Bertz CT molecular complexity index is 1130. The second kappa shape index (κ2) is 7.81. The molecule has 0 atom stereocenters. The fourth-order valence-corrected chi connectivity index (χ4v) is 3.56. The summed E-state index contributed by atoms with van der Waals surface area (Å²) in [6, 6.07) is 12.2. The lowest BCUT2D eigenvalue weighted by atomic mass is 10.1. The standard InChI is InChI=1S/C21H19F3N4O2/c22-21(23,24)16-5-3-6-17(12-16)26-8-10-27(11-9-26)19(29)14-28-20(30)18-7-2-1-4-15(18)13-25-28/h1-7,12-13H,8-11,14H2. The van der Waals surface area contributed by atoms with Gasteiger partial charge in [0.05, 0.1) is 17.1 Å². The van der Waals surface area contributed by atoms with Crippen LogP contribution in [0.5, 0.6) is 0 Å². The molecule has 0 N–H and O–H groups in total. The van der Waals surface area contributed by atoms with Crippen molar-refractivity contribution in [2.75, 3.05) is 31.1 Å². The van der Waals surface area contributed by atoms with Gasteiger partial charge in [-0.15, -0.1) is 0 Å². The lowest BCUT2D eigenvalue weighted by Crippen LogP contribution is -2.50. The quantitative estimate of drug-likeness (QED) is 0.659. The smallest absolute Gasteiger partial charge is 0.368 e. The van der Waals surface area contributed by atoms with E-state index in [-0.39, 0.29) is 18.0 Å². The first-order valence-electron chi connectivity index (χ1n) is 9.48. The molecule has 3 aromatic rings. The molecule has 1 aromatic heterocycles. The van der Waals surface area contributed by atoms with Crippen LogP contribution in [0.4, 0.5) is 18.9 Å². The fraction of sp³-hybridized carbons (Fsp3) is 0.286. The van der Waals surface area contributed by atoms with Gasteiger partial charge in [0.1, 0.15) is 6.54 Å². The minimum atomic E-state index is -4.39. The van der Waals surface area contributed by atoms with E-state index >= 15 is 0 Å². The zero-order valence-electron chi connectivity index (χ0n) is 16.0. The van der Waals surface area contributed by atoms with Gasteiger partial charge >= 0.3 is 6.18 Å². The van der Waals surface area contributed by atoms with Crippen molar-refractivity contribution in [2.45, 2.75) is 12.7 Å². The maximum Gasteiger partial charge on any atom is 0.416 e. The molecule has 0 saturated carbocycles. The number of rotatable bonds is 3. The molecular formula is C21H19F3N4O2. The highest BCUT2D eigenvalue weighted by Crippen LogP contribution is 2.31. The Labute approximate surface area is 170 Å². The van der Waals surface area contributed by atoms with Gasteiger partial charge in [-0.25, -0.2) is 4.68 Å². The van der Waals surface area contributed by atoms with Gasteiger partial charge < -0.3 is 9.80 Å². The van der Waals surface area contributed by atoms with Gasteiger partial charge in [-0.3, -0.25) is 9.59 Å². The summed E-state index contributed by atoms with van der Waals surface area (Å²) < 4.78 is 39.9. The molecule has 1 aliphatic heterocycles. The minimum Gasteiger partial charge on any atom is -0.368 e. The summed E-state index contributed by atoms with van der Waals surface area (Å²) in [6.07, 6.45) is -2.84. The first-order chi connectivity index (χ1) is 14.3. The van der Waals surface area contributed by atoms with Gasteiger partial charge in [0.15, 0.2) is 0 Å². The molecule has 0 spiro atoms. The number of amides is 1. The van der Waals surface area contributed by atoms with E-state index < -0.39 is 11.7 Å². The summed E-state index contributed by atoms with van der Waals surface area (Å²) in [5, 5.41) is 5.28. The predicted octanol–water partition coefficient (Wildman–Crippen LogP) is 2.76. The Kier molecular flexibility index (Phi) is 5.19. The topological polar surface area (TPSA) is 58.4 Å². The summed E-state index contributed by atoms with van der Waals surface area (Å²) in [7, 11) is 0. The van der Waals surface area contributed by atoms with Gasteiger partial charge in [-0.05, 0) is 24.3 Å². The molecule has 1 amide bonds. The van der Waals surface area contributed by atoms with E-state index in [4.69, 9.17) is 0 Å². The second-order valence-electron chi connectivity index (χ2n) is 7.11. The highest BCUT2D eigenvalue weighted by molar-refractivity contribution is 5.81. The van der Waals surface area contributed by atoms with Crippen molar-refractivity contribution in [3.8, 4) is 0 Å².